The van der Waals surface area contributed by atoms with Crippen LogP contribution in [0.5, 0.6) is 0 Å². The second-order valence-electron chi connectivity index (χ2n) is 7.67. The van der Waals surface area contributed by atoms with Gasteiger partial charge in [0, 0.05) is 19.3 Å². The zero-order valence-electron chi connectivity index (χ0n) is 18.2. The van der Waals surface area contributed by atoms with Crippen LogP contribution >= 0.6 is 0 Å². The van der Waals surface area contributed by atoms with Gasteiger partial charge in [0.25, 0.3) is 5.91 Å². The highest BCUT2D eigenvalue weighted by Crippen LogP contribution is 2.28. The molecule has 9 nitrogen and oxygen atoms in total. The highest BCUT2D eigenvalue weighted by molar-refractivity contribution is 6.08. The molecule has 2 heterocycles. The quantitative estimate of drug-likeness (QED) is 0.346. The lowest BCUT2D eigenvalue weighted by atomic mass is 10.2. The van der Waals surface area contributed by atoms with Crippen LogP contribution in [0.25, 0.3) is 0 Å². The largest absolute Gasteiger partial charge is 0.384 e. The van der Waals surface area contributed by atoms with Gasteiger partial charge in [-0.3, -0.25) is 10.1 Å². The maximum atomic E-state index is 12.0. The van der Waals surface area contributed by atoms with Crippen molar-refractivity contribution in [3.05, 3.63) is 66.5 Å². The van der Waals surface area contributed by atoms with E-state index in [1.165, 1.54) is 17.5 Å². The maximum Gasteiger partial charge on any atom is 0.271 e. The zero-order valence-corrected chi connectivity index (χ0v) is 18.2. The van der Waals surface area contributed by atoms with E-state index in [-0.39, 0.29) is 5.91 Å². The number of para-hydroxylation sites is 1. The SMILES string of the molecule is C=CNC(=O)/C(=C/C(=C)/C=N\N1CN=C(N2CCc3ccccc32)NC1=NC1CC1)NC. The molecule has 0 atom stereocenters. The van der Waals surface area contributed by atoms with Crippen molar-refractivity contribution in [2.75, 3.05) is 25.2 Å². The maximum absolute atomic E-state index is 12.0. The van der Waals surface area contributed by atoms with Crippen LogP contribution in [0.1, 0.15) is 18.4 Å². The molecule has 4 rings (SSSR count). The van der Waals surface area contributed by atoms with Crippen LogP contribution in [0.3, 0.4) is 0 Å². The number of rotatable bonds is 7. The molecule has 166 valence electrons. The standard InChI is InChI=1S/C23H28N8O/c1-4-25-21(32)19(24-3)13-16(2)14-27-31-15-26-22(29-23(31)28-18-9-10-18)30-12-11-17-7-5-6-8-20(17)30/h4-8,13-14,18,24H,1-2,9-12,15H2,3H3,(H,25,32)(H,26,28,29)/b19-13-,27-14-. The minimum Gasteiger partial charge on any atom is -0.384 e. The molecule has 2 aliphatic heterocycles. The first-order chi connectivity index (χ1) is 15.6. The number of carbonyl (C=O) groups excluding carboxylic acids is 1. The molecule has 0 bridgehead atoms. The van der Waals surface area contributed by atoms with Gasteiger partial charge < -0.3 is 15.5 Å². The van der Waals surface area contributed by atoms with Crippen molar-refractivity contribution in [2.45, 2.75) is 25.3 Å². The first kappa shape index (κ1) is 21.4. The lowest BCUT2D eigenvalue weighted by Crippen LogP contribution is -2.53. The number of likely N-dealkylation sites (N-methyl/N-ethyl adjacent to an activating group) is 1. The van der Waals surface area contributed by atoms with Crippen LogP contribution in [0, 0.1) is 0 Å². The van der Waals surface area contributed by atoms with Crippen molar-refractivity contribution in [1.82, 2.24) is 21.0 Å². The van der Waals surface area contributed by atoms with Gasteiger partial charge in [0.05, 0.1) is 12.3 Å². The molecule has 3 N–H and O–H groups in total. The van der Waals surface area contributed by atoms with Gasteiger partial charge in [-0.15, -0.1) is 0 Å². The third-order valence-electron chi connectivity index (χ3n) is 5.26. The fourth-order valence-electron chi connectivity index (χ4n) is 3.47. The van der Waals surface area contributed by atoms with Gasteiger partial charge in [0.1, 0.15) is 12.4 Å². The van der Waals surface area contributed by atoms with Crippen molar-refractivity contribution in [2.24, 2.45) is 15.1 Å². The number of hydrogen-bond donors (Lipinski definition) is 3. The highest BCUT2D eigenvalue weighted by atomic mass is 16.2. The first-order valence-electron chi connectivity index (χ1n) is 10.7. The average Bonchev–Trinajstić information content (AvgIpc) is 3.51. The Labute approximate surface area is 188 Å². The molecular formula is C23H28N8O. The molecule has 1 aromatic carbocycles. The third-order valence-corrected chi connectivity index (χ3v) is 5.26. The number of fused-ring (bicyclic) bond motifs is 1. The third kappa shape index (κ3) is 4.88. The van der Waals surface area contributed by atoms with Gasteiger partial charge in [-0.1, -0.05) is 31.4 Å². The van der Waals surface area contributed by atoms with Gasteiger partial charge in [0.15, 0.2) is 0 Å². The molecule has 3 aliphatic rings. The summed E-state index contributed by atoms with van der Waals surface area (Å²) >= 11 is 0. The predicted octanol–water partition coefficient (Wildman–Crippen LogP) is 1.69. The van der Waals surface area contributed by atoms with Crippen LogP contribution < -0.4 is 20.9 Å². The Morgan fingerprint density at radius 2 is 2.16 bits per heavy atom. The van der Waals surface area contributed by atoms with Crippen LogP contribution in [0.2, 0.25) is 0 Å². The second-order valence-corrected chi connectivity index (χ2v) is 7.67. The summed E-state index contributed by atoms with van der Waals surface area (Å²) in [5.41, 5.74) is 3.42. The summed E-state index contributed by atoms with van der Waals surface area (Å²) in [6.45, 7) is 8.69. The van der Waals surface area contributed by atoms with Crippen molar-refractivity contribution < 1.29 is 4.79 Å². The molecule has 1 aromatic rings. The first-order valence-corrected chi connectivity index (χ1v) is 10.7. The van der Waals surface area contributed by atoms with E-state index in [1.807, 2.05) is 6.07 Å². The van der Waals surface area contributed by atoms with E-state index in [2.05, 4.69) is 57.3 Å². The van der Waals surface area contributed by atoms with Gasteiger partial charge in [0.2, 0.25) is 11.9 Å². The number of guanidine groups is 2. The van der Waals surface area contributed by atoms with E-state index in [0.717, 1.165) is 31.8 Å². The second kappa shape index (κ2) is 9.51. The van der Waals surface area contributed by atoms with Crippen LogP contribution in [-0.2, 0) is 11.2 Å². The van der Waals surface area contributed by atoms with Crippen molar-refractivity contribution in [3.63, 3.8) is 0 Å². The summed E-state index contributed by atoms with van der Waals surface area (Å²) in [5.74, 6) is 1.17. The van der Waals surface area contributed by atoms with E-state index >= 15 is 0 Å². The molecule has 1 aliphatic carbocycles. The molecule has 32 heavy (non-hydrogen) atoms. The van der Waals surface area contributed by atoms with Gasteiger partial charge in [-0.2, -0.15) is 5.10 Å². The van der Waals surface area contributed by atoms with Crippen LogP contribution in [0.15, 0.2) is 76.1 Å². The van der Waals surface area contributed by atoms with E-state index < -0.39 is 0 Å². The molecule has 1 amide bonds. The summed E-state index contributed by atoms with van der Waals surface area (Å²) in [4.78, 5) is 23.7. The number of anilines is 1. The lowest BCUT2D eigenvalue weighted by Gasteiger charge is -2.30. The van der Waals surface area contributed by atoms with E-state index in [9.17, 15) is 4.79 Å². The summed E-state index contributed by atoms with van der Waals surface area (Å²) in [6, 6.07) is 8.71. The number of benzene rings is 1. The lowest BCUT2D eigenvalue weighted by molar-refractivity contribution is -0.116. The summed E-state index contributed by atoms with van der Waals surface area (Å²) in [7, 11) is 1.67. The topological polar surface area (TPSA) is 96.7 Å². The minimum absolute atomic E-state index is 0.298. The smallest absolute Gasteiger partial charge is 0.271 e. The minimum atomic E-state index is -0.298. The molecule has 0 radical (unpaired) electrons. The Hall–Kier alpha value is -3.88. The van der Waals surface area contributed by atoms with E-state index in [1.54, 1.807) is 24.3 Å². The van der Waals surface area contributed by atoms with Crippen molar-refractivity contribution in [3.8, 4) is 0 Å². The Bertz CT molecular complexity index is 1030. The average molecular weight is 433 g/mol. The van der Waals surface area contributed by atoms with E-state index in [0.29, 0.717) is 29.9 Å². The Morgan fingerprint density at radius 3 is 2.91 bits per heavy atom. The number of aliphatic imine (C=N–C) groups is 2. The molecule has 1 saturated carbocycles. The molecule has 0 spiro atoms. The summed E-state index contributed by atoms with van der Waals surface area (Å²) in [6.07, 6.45) is 7.70. The fraction of sp³-hybridized carbons (Fsp3) is 0.304. The predicted molar refractivity (Wildman–Crippen MR) is 128 cm³/mol. The number of amides is 1. The Kier molecular flexibility index (Phi) is 6.34. The van der Waals surface area contributed by atoms with Gasteiger partial charge in [-0.25, -0.2) is 15.0 Å². The molecule has 0 saturated heterocycles. The summed E-state index contributed by atoms with van der Waals surface area (Å²) < 4.78 is 0. The molecular weight excluding hydrogens is 404 g/mol. The number of nitrogens with one attached hydrogen (secondary N) is 3. The van der Waals surface area contributed by atoms with E-state index in [4.69, 9.17) is 9.98 Å². The normalized spacial score (nSPS) is 19.5. The van der Waals surface area contributed by atoms with Crippen LogP contribution in [0.4, 0.5) is 5.69 Å². The number of hydrogen-bond acceptors (Lipinski definition) is 6. The number of hydrazone groups is 1. The Balaban J connectivity index is 1.50. The molecule has 9 heteroatoms. The number of nitrogens with zero attached hydrogens (tertiary/aromatic N) is 5. The summed E-state index contributed by atoms with van der Waals surface area (Å²) in [5, 5.41) is 15.0. The molecule has 0 unspecified atom stereocenters. The van der Waals surface area contributed by atoms with Crippen molar-refractivity contribution in [1.29, 1.82) is 0 Å². The van der Waals surface area contributed by atoms with Gasteiger partial charge in [-0.05, 0) is 48.7 Å². The van der Waals surface area contributed by atoms with Crippen LogP contribution in [-0.4, -0.2) is 55.4 Å². The molecule has 1 fully saturated rings. The van der Waals surface area contributed by atoms with Crippen molar-refractivity contribution >= 4 is 29.7 Å². The zero-order chi connectivity index (χ0) is 22.5. The number of carbonyl (C=O) groups is 1. The fourth-order valence-corrected chi connectivity index (χ4v) is 3.47. The highest BCUT2D eigenvalue weighted by Gasteiger charge is 2.29. The molecule has 0 aromatic heterocycles. The number of allylic oxidation sites excluding steroid dienone is 2. The monoisotopic (exact) mass is 432 g/mol. The van der Waals surface area contributed by atoms with Gasteiger partial charge >= 0.3 is 0 Å². The Morgan fingerprint density at radius 1 is 1.34 bits per heavy atom.